The number of pyridine rings is 1. The first-order valence-corrected chi connectivity index (χ1v) is 9.08. The van der Waals surface area contributed by atoms with Crippen LogP contribution in [0.2, 0.25) is 0 Å². The first-order valence-electron chi connectivity index (χ1n) is 9.08. The monoisotopic (exact) mass is 410 g/mol. The molecule has 0 fully saturated rings. The maximum atomic E-state index is 12.4. The predicted octanol–water partition coefficient (Wildman–Crippen LogP) is 3.65. The maximum absolute atomic E-state index is 12.4. The van der Waals surface area contributed by atoms with Gasteiger partial charge in [0.05, 0.1) is 6.20 Å². The van der Waals surface area contributed by atoms with Gasteiger partial charge in [-0.3, -0.25) is 9.88 Å². The Morgan fingerprint density at radius 1 is 1.00 bits per heavy atom. The summed E-state index contributed by atoms with van der Waals surface area (Å²) in [5.41, 5.74) is -2.66. The lowest BCUT2D eigenvalue weighted by Gasteiger charge is -2.36. The van der Waals surface area contributed by atoms with Crippen molar-refractivity contribution < 1.29 is 33.7 Å². The number of hydrogen-bond donors (Lipinski definition) is 1. The van der Waals surface area contributed by atoms with Gasteiger partial charge in [-0.2, -0.15) is 0 Å². The average molecular weight is 410 g/mol. The number of ether oxygens (including phenoxy) is 3. The quantitative estimate of drug-likeness (QED) is 0.732. The zero-order chi connectivity index (χ0) is 22.6. The molecule has 0 aliphatic heterocycles. The number of carboxylic acid groups (broad SMARTS) is 1. The highest BCUT2D eigenvalue weighted by Gasteiger charge is 2.42. The van der Waals surface area contributed by atoms with Crippen molar-refractivity contribution >= 4 is 18.2 Å². The summed E-state index contributed by atoms with van der Waals surface area (Å²) >= 11 is 0. The normalized spacial score (nSPS) is 13.8. The third kappa shape index (κ3) is 7.59. The molecule has 0 bridgehead atoms. The second-order valence-electron chi connectivity index (χ2n) is 8.89. The second-order valence-corrected chi connectivity index (χ2v) is 8.89. The summed E-state index contributed by atoms with van der Waals surface area (Å²) in [6, 6.07) is 1.47. The zero-order valence-electron chi connectivity index (χ0n) is 18.2. The minimum atomic E-state index is -1.62. The van der Waals surface area contributed by atoms with E-state index in [0.717, 1.165) is 4.90 Å². The lowest BCUT2D eigenvalue weighted by Crippen LogP contribution is -2.55. The fourth-order valence-electron chi connectivity index (χ4n) is 2.25. The molecule has 0 radical (unpaired) electrons. The molecule has 1 amide bonds. The van der Waals surface area contributed by atoms with Gasteiger partial charge >= 0.3 is 18.2 Å². The molecule has 0 unspecified atom stereocenters. The van der Waals surface area contributed by atoms with E-state index in [1.807, 2.05) is 0 Å². The van der Waals surface area contributed by atoms with Crippen LogP contribution in [0.4, 0.5) is 9.59 Å². The number of aliphatic carboxylic acids is 1. The largest absolute Gasteiger partial charge is 0.514 e. The molecular weight excluding hydrogens is 380 g/mol. The molecule has 1 rings (SSSR count). The minimum absolute atomic E-state index is 0.0867. The highest BCUT2D eigenvalue weighted by atomic mass is 16.7. The van der Waals surface area contributed by atoms with Crippen LogP contribution in [0.1, 0.15) is 54.0 Å². The number of amides is 1. The van der Waals surface area contributed by atoms with Gasteiger partial charge in [0.2, 0.25) is 0 Å². The molecule has 1 aromatic rings. The van der Waals surface area contributed by atoms with Gasteiger partial charge in [0, 0.05) is 19.7 Å². The Bertz CT molecular complexity index is 765. The Labute approximate surface area is 171 Å². The van der Waals surface area contributed by atoms with E-state index in [0.29, 0.717) is 5.56 Å². The van der Waals surface area contributed by atoms with Gasteiger partial charge in [0.1, 0.15) is 16.7 Å². The number of likely N-dealkylation sites (N-methyl/N-ethyl adjacent to an activating group) is 1. The molecule has 1 heterocycles. The van der Waals surface area contributed by atoms with E-state index < -0.39 is 35.0 Å². The molecule has 1 N–H and O–H groups in total. The Hall–Kier alpha value is -2.84. The van der Waals surface area contributed by atoms with E-state index in [2.05, 4.69) is 4.98 Å². The first kappa shape index (κ1) is 24.2. The highest BCUT2D eigenvalue weighted by molar-refractivity contribution is 5.84. The molecule has 1 atom stereocenters. The van der Waals surface area contributed by atoms with Crippen LogP contribution in [0.25, 0.3) is 0 Å². The van der Waals surface area contributed by atoms with Gasteiger partial charge in [-0.1, -0.05) is 0 Å². The Kier molecular flexibility index (Phi) is 7.23. The van der Waals surface area contributed by atoms with E-state index in [9.17, 15) is 19.5 Å². The molecule has 0 saturated heterocycles. The fraction of sp³-hybridized carbons (Fsp3) is 0.600. The molecule has 162 valence electrons. The standard InChI is InChI=1S/C20H30N2O7/c1-18(2,3)28-16(25)22(8)20(7,15(23)24)10-13-9-14(12-21-11-13)27-17(26)29-19(4,5)6/h9,11-12H,10H2,1-8H3,(H,23,24)/t20-/m0/s1. The molecule has 29 heavy (non-hydrogen) atoms. The summed E-state index contributed by atoms with van der Waals surface area (Å²) in [5, 5.41) is 9.78. The summed E-state index contributed by atoms with van der Waals surface area (Å²) in [6.07, 6.45) is 0.992. The van der Waals surface area contributed by atoms with Crippen LogP contribution < -0.4 is 4.74 Å². The summed E-state index contributed by atoms with van der Waals surface area (Å²) in [5.74, 6) is -1.12. The number of carboxylic acids is 1. The van der Waals surface area contributed by atoms with Crippen LogP contribution in [-0.4, -0.2) is 57.0 Å². The number of hydrogen-bond acceptors (Lipinski definition) is 7. The number of rotatable bonds is 5. The number of carbonyl (C=O) groups excluding carboxylic acids is 2. The van der Waals surface area contributed by atoms with Crippen molar-refractivity contribution in [1.82, 2.24) is 9.88 Å². The molecule has 0 saturated carbocycles. The van der Waals surface area contributed by atoms with Crippen molar-refractivity contribution in [1.29, 1.82) is 0 Å². The summed E-state index contributed by atoms with van der Waals surface area (Å²) in [6.45, 7) is 11.6. The van der Waals surface area contributed by atoms with Gasteiger partial charge in [-0.25, -0.2) is 14.4 Å². The molecular formula is C20H30N2O7. The Morgan fingerprint density at radius 2 is 1.55 bits per heavy atom. The van der Waals surface area contributed by atoms with Crippen LogP contribution in [0.3, 0.4) is 0 Å². The SMILES string of the molecule is CN(C(=O)OC(C)(C)C)[C@@](C)(Cc1cncc(OC(=O)OC(C)(C)C)c1)C(=O)O. The fourth-order valence-corrected chi connectivity index (χ4v) is 2.25. The van der Waals surface area contributed by atoms with Crippen molar-refractivity contribution in [2.75, 3.05) is 7.05 Å². The molecule has 0 aliphatic carbocycles. The topological polar surface area (TPSA) is 115 Å². The second kappa shape index (κ2) is 8.67. The first-order chi connectivity index (χ1) is 13.0. The number of carbonyl (C=O) groups is 3. The van der Waals surface area contributed by atoms with E-state index in [-0.39, 0.29) is 12.2 Å². The van der Waals surface area contributed by atoms with Crippen molar-refractivity contribution in [3.8, 4) is 5.75 Å². The summed E-state index contributed by atoms with van der Waals surface area (Å²) in [7, 11) is 1.36. The van der Waals surface area contributed by atoms with Crippen LogP contribution in [-0.2, 0) is 20.7 Å². The van der Waals surface area contributed by atoms with E-state index >= 15 is 0 Å². The Balaban J connectivity index is 3.03. The van der Waals surface area contributed by atoms with Crippen LogP contribution in [0.15, 0.2) is 18.5 Å². The third-order valence-corrected chi connectivity index (χ3v) is 3.78. The zero-order valence-corrected chi connectivity index (χ0v) is 18.2. The number of nitrogens with zero attached hydrogens (tertiary/aromatic N) is 2. The Morgan fingerprint density at radius 3 is 2.03 bits per heavy atom. The third-order valence-electron chi connectivity index (χ3n) is 3.78. The lowest BCUT2D eigenvalue weighted by atomic mass is 9.92. The maximum Gasteiger partial charge on any atom is 0.514 e. The molecule has 9 heteroatoms. The van der Waals surface area contributed by atoms with Crippen LogP contribution in [0.5, 0.6) is 5.75 Å². The van der Waals surface area contributed by atoms with Gasteiger partial charge in [0.15, 0.2) is 5.75 Å². The van der Waals surface area contributed by atoms with Crippen molar-refractivity contribution in [3.63, 3.8) is 0 Å². The van der Waals surface area contributed by atoms with Gasteiger partial charge in [-0.05, 0) is 60.1 Å². The molecule has 9 nitrogen and oxygen atoms in total. The summed E-state index contributed by atoms with van der Waals surface area (Å²) in [4.78, 5) is 41.2. The van der Waals surface area contributed by atoms with Crippen LogP contribution >= 0.6 is 0 Å². The highest BCUT2D eigenvalue weighted by Crippen LogP contribution is 2.24. The van der Waals surface area contributed by atoms with Gasteiger partial charge < -0.3 is 19.3 Å². The average Bonchev–Trinajstić information content (AvgIpc) is 2.50. The van der Waals surface area contributed by atoms with Crippen molar-refractivity contribution in [2.45, 2.75) is 71.6 Å². The van der Waals surface area contributed by atoms with Gasteiger partial charge in [-0.15, -0.1) is 0 Å². The van der Waals surface area contributed by atoms with Crippen molar-refractivity contribution in [2.24, 2.45) is 0 Å². The molecule has 0 aliphatic rings. The lowest BCUT2D eigenvalue weighted by molar-refractivity contribution is -0.149. The minimum Gasteiger partial charge on any atom is -0.479 e. The van der Waals surface area contributed by atoms with Crippen molar-refractivity contribution in [3.05, 3.63) is 24.0 Å². The number of aromatic nitrogens is 1. The van der Waals surface area contributed by atoms with E-state index in [4.69, 9.17) is 14.2 Å². The summed E-state index contributed by atoms with van der Waals surface area (Å²) < 4.78 is 15.5. The van der Waals surface area contributed by atoms with E-state index in [1.54, 1.807) is 41.5 Å². The smallest absolute Gasteiger partial charge is 0.479 e. The molecule has 0 aromatic carbocycles. The van der Waals surface area contributed by atoms with Crippen LogP contribution in [0, 0.1) is 0 Å². The van der Waals surface area contributed by atoms with Gasteiger partial charge in [0.25, 0.3) is 0 Å². The predicted molar refractivity (Wildman–Crippen MR) is 105 cm³/mol. The van der Waals surface area contributed by atoms with E-state index in [1.165, 1.54) is 32.4 Å². The molecule has 1 aromatic heterocycles. The molecule has 0 spiro atoms.